The van der Waals surface area contributed by atoms with Crippen LogP contribution in [0.3, 0.4) is 0 Å². The monoisotopic (exact) mass is 256 g/mol. The summed E-state index contributed by atoms with van der Waals surface area (Å²) < 4.78 is 5.38. The number of nitrogens with zero attached hydrogens (tertiary/aromatic N) is 1. The highest BCUT2D eigenvalue weighted by Crippen LogP contribution is 2.25. The van der Waals surface area contributed by atoms with Crippen LogP contribution in [0.4, 0.5) is 0 Å². The van der Waals surface area contributed by atoms with E-state index in [-0.39, 0.29) is 5.54 Å². The standard InChI is InChI=1S/C13H24N2OS/c1-11(2)13(9-14,10-16-4)15(3)7-12-5-6-17-8-12/h5-6,8,11H,7,9-10,14H2,1-4H3. The second kappa shape index (κ2) is 6.50. The first-order valence-corrected chi connectivity index (χ1v) is 6.92. The van der Waals surface area contributed by atoms with Gasteiger partial charge in [-0.1, -0.05) is 13.8 Å². The van der Waals surface area contributed by atoms with Gasteiger partial charge < -0.3 is 10.5 Å². The van der Waals surface area contributed by atoms with Crippen LogP contribution >= 0.6 is 11.3 Å². The summed E-state index contributed by atoms with van der Waals surface area (Å²) in [6, 6.07) is 2.16. The van der Waals surface area contributed by atoms with Gasteiger partial charge in [0.15, 0.2) is 0 Å². The molecule has 1 atom stereocenters. The summed E-state index contributed by atoms with van der Waals surface area (Å²) in [5.41, 5.74) is 7.26. The molecule has 0 spiro atoms. The molecular formula is C13H24N2OS. The first-order valence-electron chi connectivity index (χ1n) is 5.98. The summed E-state index contributed by atoms with van der Waals surface area (Å²) in [5, 5.41) is 4.30. The minimum Gasteiger partial charge on any atom is -0.383 e. The molecule has 0 aliphatic rings. The third kappa shape index (κ3) is 3.28. The molecule has 1 unspecified atom stereocenters. The molecule has 0 bridgehead atoms. The molecule has 0 aliphatic heterocycles. The molecule has 0 saturated carbocycles. The molecular weight excluding hydrogens is 232 g/mol. The highest BCUT2D eigenvalue weighted by molar-refractivity contribution is 7.07. The number of likely N-dealkylation sites (N-methyl/N-ethyl adjacent to an activating group) is 1. The van der Waals surface area contributed by atoms with Crippen LogP contribution in [-0.4, -0.2) is 37.7 Å². The van der Waals surface area contributed by atoms with Gasteiger partial charge in [-0.2, -0.15) is 11.3 Å². The lowest BCUT2D eigenvalue weighted by molar-refractivity contribution is -0.00549. The van der Waals surface area contributed by atoms with E-state index in [1.54, 1.807) is 18.4 Å². The summed E-state index contributed by atoms with van der Waals surface area (Å²) >= 11 is 1.73. The molecule has 0 aliphatic carbocycles. The summed E-state index contributed by atoms with van der Waals surface area (Å²) in [7, 11) is 3.87. The molecule has 1 aromatic heterocycles. The summed E-state index contributed by atoms with van der Waals surface area (Å²) in [5.74, 6) is 0.455. The fourth-order valence-corrected chi connectivity index (χ4v) is 2.89. The van der Waals surface area contributed by atoms with Crippen molar-refractivity contribution in [2.24, 2.45) is 11.7 Å². The van der Waals surface area contributed by atoms with E-state index in [9.17, 15) is 0 Å². The van der Waals surface area contributed by atoms with E-state index in [4.69, 9.17) is 10.5 Å². The number of rotatable bonds is 7. The van der Waals surface area contributed by atoms with Crippen LogP contribution in [0.5, 0.6) is 0 Å². The largest absolute Gasteiger partial charge is 0.383 e. The van der Waals surface area contributed by atoms with Gasteiger partial charge in [-0.15, -0.1) is 0 Å². The Hall–Kier alpha value is -0.420. The van der Waals surface area contributed by atoms with Gasteiger partial charge in [-0.3, -0.25) is 4.90 Å². The predicted octanol–water partition coefficient (Wildman–Crippen LogP) is 2.18. The molecule has 0 fully saturated rings. The number of ether oxygens (including phenoxy) is 1. The fourth-order valence-electron chi connectivity index (χ4n) is 2.23. The van der Waals surface area contributed by atoms with E-state index in [1.165, 1.54) is 5.56 Å². The molecule has 4 heteroatoms. The van der Waals surface area contributed by atoms with Crippen molar-refractivity contribution in [1.82, 2.24) is 4.90 Å². The van der Waals surface area contributed by atoms with Crippen LogP contribution in [0, 0.1) is 5.92 Å². The number of hydrogen-bond donors (Lipinski definition) is 1. The Kier molecular flexibility index (Phi) is 5.59. The third-order valence-corrected chi connectivity index (χ3v) is 4.31. The Morgan fingerprint density at radius 2 is 2.24 bits per heavy atom. The van der Waals surface area contributed by atoms with Gasteiger partial charge in [0.2, 0.25) is 0 Å². The van der Waals surface area contributed by atoms with E-state index in [2.05, 4.69) is 42.6 Å². The predicted molar refractivity (Wildman–Crippen MR) is 74.3 cm³/mol. The van der Waals surface area contributed by atoms with E-state index in [0.29, 0.717) is 19.1 Å². The Morgan fingerprint density at radius 1 is 1.53 bits per heavy atom. The van der Waals surface area contributed by atoms with Gasteiger partial charge in [0.1, 0.15) is 0 Å². The Labute approximate surface area is 109 Å². The molecule has 0 aromatic carbocycles. The third-order valence-electron chi connectivity index (χ3n) is 3.58. The second-order valence-electron chi connectivity index (χ2n) is 4.88. The molecule has 1 heterocycles. The van der Waals surface area contributed by atoms with Crippen LogP contribution in [-0.2, 0) is 11.3 Å². The van der Waals surface area contributed by atoms with Gasteiger partial charge in [0.05, 0.1) is 12.1 Å². The topological polar surface area (TPSA) is 38.5 Å². The molecule has 3 nitrogen and oxygen atoms in total. The van der Waals surface area contributed by atoms with Crippen molar-refractivity contribution >= 4 is 11.3 Å². The van der Waals surface area contributed by atoms with E-state index in [0.717, 1.165) is 6.54 Å². The van der Waals surface area contributed by atoms with Crippen LogP contribution in [0.25, 0.3) is 0 Å². The quantitative estimate of drug-likeness (QED) is 0.812. The average molecular weight is 256 g/mol. The number of nitrogens with two attached hydrogens (primary N) is 1. The van der Waals surface area contributed by atoms with Gasteiger partial charge in [0, 0.05) is 20.2 Å². The molecule has 17 heavy (non-hydrogen) atoms. The molecule has 0 saturated heterocycles. The number of hydrogen-bond acceptors (Lipinski definition) is 4. The first kappa shape index (κ1) is 14.6. The zero-order valence-corrected chi connectivity index (χ0v) is 12.1. The SMILES string of the molecule is COCC(CN)(C(C)C)N(C)Cc1ccsc1. The highest BCUT2D eigenvalue weighted by Gasteiger charge is 2.36. The zero-order valence-electron chi connectivity index (χ0n) is 11.3. The summed E-state index contributed by atoms with van der Waals surface area (Å²) in [6.45, 7) is 6.61. The van der Waals surface area contributed by atoms with E-state index < -0.39 is 0 Å². The van der Waals surface area contributed by atoms with Crippen LogP contribution < -0.4 is 5.73 Å². The van der Waals surface area contributed by atoms with Crippen molar-refractivity contribution in [2.75, 3.05) is 27.3 Å². The van der Waals surface area contributed by atoms with Gasteiger partial charge in [-0.05, 0) is 35.4 Å². The van der Waals surface area contributed by atoms with Crippen molar-refractivity contribution in [3.8, 4) is 0 Å². The van der Waals surface area contributed by atoms with Crippen molar-refractivity contribution in [3.63, 3.8) is 0 Å². The first-order chi connectivity index (χ1) is 8.06. The van der Waals surface area contributed by atoms with Crippen molar-refractivity contribution in [3.05, 3.63) is 22.4 Å². The van der Waals surface area contributed by atoms with Crippen LogP contribution in [0.1, 0.15) is 19.4 Å². The lowest BCUT2D eigenvalue weighted by Gasteiger charge is -2.44. The minimum absolute atomic E-state index is 0.0866. The van der Waals surface area contributed by atoms with Crippen molar-refractivity contribution < 1.29 is 4.74 Å². The maximum Gasteiger partial charge on any atom is 0.0661 e. The van der Waals surface area contributed by atoms with Gasteiger partial charge >= 0.3 is 0 Å². The minimum atomic E-state index is -0.0866. The number of thiophene rings is 1. The Bertz CT molecular complexity index is 313. The summed E-state index contributed by atoms with van der Waals surface area (Å²) in [4.78, 5) is 2.32. The molecule has 0 radical (unpaired) electrons. The normalized spacial score (nSPS) is 15.5. The maximum absolute atomic E-state index is 6.01. The molecule has 2 N–H and O–H groups in total. The zero-order chi connectivity index (χ0) is 12.9. The van der Waals surface area contributed by atoms with E-state index in [1.807, 2.05) is 0 Å². The smallest absolute Gasteiger partial charge is 0.0661 e. The van der Waals surface area contributed by atoms with Crippen LogP contribution in [0.2, 0.25) is 0 Å². The maximum atomic E-state index is 6.01. The van der Waals surface area contributed by atoms with Gasteiger partial charge in [-0.25, -0.2) is 0 Å². The Balaban J connectivity index is 2.81. The van der Waals surface area contributed by atoms with Crippen molar-refractivity contribution in [1.29, 1.82) is 0 Å². The lowest BCUT2D eigenvalue weighted by Crippen LogP contribution is -2.58. The molecule has 1 aromatic rings. The fraction of sp³-hybridized carbons (Fsp3) is 0.692. The summed E-state index contributed by atoms with van der Waals surface area (Å²) in [6.07, 6.45) is 0. The second-order valence-corrected chi connectivity index (χ2v) is 5.66. The van der Waals surface area contributed by atoms with Crippen molar-refractivity contribution in [2.45, 2.75) is 25.9 Å². The molecule has 98 valence electrons. The highest BCUT2D eigenvalue weighted by atomic mass is 32.1. The van der Waals surface area contributed by atoms with Crippen LogP contribution in [0.15, 0.2) is 16.8 Å². The molecule has 1 rings (SSSR count). The van der Waals surface area contributed by atoms with Gasteiger partial charge in [0.25, 0.3) is 0 Å². The average Bonchev–Trinajstić information content (AvgIpc) is 2.78. The lowest BCUT2D eigenvalue weighted by atomic mass is 9.85. The number of methoxy groups -OCH3 is 1. The van der Waals surface area contributed by atoms with E-state index >= 15 is 0 Å². The Morgan fingerprint density at radius 3 is 2.65 bits per heavy atom. The molecule has 0 amide bonds.